The number of anilines is 1. The fourth-order valence-corrected chi connectivity index (χ4v) is 0.844. The molecular formula is C8H6NO4. The van der Waals surface area contributed by atoms with E-state index in [2.05, 4.69) is 5.32 Å². The average Bonchev–Trinajstić information content (AvgIpc) is 2.08. The van der Waals surface area contributed by atoms with E-state index in [1.807, 2.05) is 0 Å². The van der Waals surface area contributed by atoms with Gasteiger partial charge in [0.05, 0.1) is 0 Å². The SMILES string of the molecule is O=[C]Nc1ccc(O)c(C(=O)O)c1. The number of aromatic hydroxyl groups is 1. The molecule has 0 spiro atoms. The standard InChI is InChI=1S/C8H6NO4/c10-4-9-5-1-2-7(11)6(3-5)8(12)13/h1-3,11H,(H,9,10)(H,12,13). The van der Waals surface area contributed by atoms with E-state index in [9.17, 15) is 9.59 Å². The van der Waals surface area contributed by atoms with Crippen LogP contribution in [0.1, 0.15) is 10.4 Å². The topological polar surface area (TPSA) is 86.6 Å². The summed E-state index contributed by atoms with van der Waals surface area (Å²) in [6.45, 7) is 0. The molecule has 0 saturated heterocycles. The lowest BCUT2D eigenvalue weighted by Gasteiger charge is -2.01. The van der Waals surface area contributed by atoms with Crippen LogP contribution in [0.15, 0.2) is 18.2 Å². The van der Waals surface area contributed by atoms with Gasteiger partial charge in [-0.25, -0.2) is 4.79 Å². The van der Waals surface area contributed by atoms with Crippen molar-refractivity contribution < 1.29 is 19.8 Å². The molecule has 1 rings (SSSR count). The van der Waals surface area contributed by atoms with Gasteiger partial charge in [0, 0.05) is 5.69 Å². The summed E-state index contributed by atoms with van der Waals surface area (Å²) in [5.41, 5.74) is 0.00505. The first-order valence-corrected chi connectivity index (χ1v) is 3.34. The third-order valence-corrected chi connectivity index (χ3v) is 1.42. The Morgan fingerprint density at radius 1 is 1.46 bits per heavy atom. The molecular weight excluding hydrogens is 174 g/mol. The molecule has 1 aromatic carbocycles. The van der Waals surface area contributed by atoms with E-state index < -0.39 is 5.97 Å². The third kappa shape index (κ3) is 1.96. The Balaban J connectivity index is 3.10. The molecule has 0 aliphatic heterocycles. The number of hydrogen-bond acceptors (Lipinski definition) is 3. The van der Waals surface area contributed by atoms with Gasteiger partial charge in [-0.1, -0.05) is 0 Å². The molecule has 0 bridgehead atoms. The summed E-state index contributed by atoms with van der Waals surface area (Å²) >= 11 is 0. The number of phenols is 1. The normalized spacial score (nSPS) is 9.23. The monoisotopic (exact) mass is 180 g/mol. The maximum atomic E-state index is 10.5. The van der Waals surface area contributed by atoms with Crippen LogP contribution in [0, 0.1) is 0 Å². The second kappa shape index (κ2) is 3.57. The van der Waals surface area contributed by atoms with Crippen LogP contribution in [-0.2, 0) is 4.79 Å². The molecule has 0 saturated carbocycles. The molecule has 0 aromatic heterocycles. The zero-order valence-electron chi connectivity index (χ0n) is 6.44. The maximum Gasteiger partial charge on any atom is 0.339 e. The number of rotatable bonds is 3. The second-order valence-electron chi connectivity index (χ2n) is 2.26. The molecule has 0 unspecified atom stereocenters. The first-order valence-electron chi connectivity index (χ1n) is 3.34. The Kier molecular flexibility index (Phi) is 2.49. The first kappa shape index (κ1) is 9.05. The summed E-state index contributed by atoms with van der Waals surface area (Å²) in [4.78, 5) is 20.4. The number of carboxylic acid groups (broad SMARTS) is 1. The Bertz CT molecular complexity index is 348. The minimum absolute atomic E-state index is 0.264. The summed E-state index contributed by atoms with van der Waals surface area (Å²) < 4.78 is 0. The van der Waals surface area contributed by atoms with Gasteiger partial charge in [0.25, 0.3) is 0 Å². The third-order valence-electron chi connectivity index (χ3n) is 1.42. The molecule has 67 valence electrons. The molecule has 1 aromatic rings. The van der Waals surface area contributed by atoms with Gasteiger partial charge >= 0.3 is 12.4 Å². The molecule has 5 nitrogen and oxygen atoms in total. The van der Waals surface area contributed by atoms with Crippen LogP contribution >= 0.6 is 0 Å². The number of nitrogens with one attached hydrogen (secondary N) is 1. The molecule has 0 heterocycles. The van der Waals surface area contributed by atoms with E-state index in [1.165, 1.54) is 18.5 Å². The quantitative estimate of drug-likeness (QED) is 0.468. The Labute approximate surface area is 73.6 Å². The van der Waals surface area contributed by atoms with Crippen molar-refractivity contribution in [2.45, 2.75) is 0 Å². The van der Waals surface area contributed by atoms with Crippen molar-refractivity contribution in [3.63, 3.8) is 0 Å². The number of aromatic carboxylic acids is 1. The fraction of sp³-hybridized carbons (Fsp3) is 0. The van der Waals surface area contributed by atoms with E-state index in [1.54, 1.807) is 0 Å². The number of amides is 1. The number of hydrogen-bond donors (Lipinski definition) is 3. The van der Waals surface area contributed by atoms with Gasteiger partial charge in [0.2, 0.25) is 0 Å². The van der Waals surface area contributed by atoms with E-state index in [-0.39, 0.29) is 17.0 Å². The van der Waals surface area contributed by atoms with Crippen molar-refractivity contribution in [1.29, 1.82) is 0 Å². The number of carbonyl (C=O) groups excluding carboxylic acids is 1. The lowest BCUT2D eigenvalue weighted by Crippen LogP contribution is -1.99. The second-order valence-corrected chi connectivity index (χ2v) is 2.26. The van der Waals surface area contributed by atoms with Gasteiger partial charge in [-0.2, -0.15) is 0 Å². The van der Waals surface area contributed by atoms with E-state index >= 15 is 0 Å². The van der Waals surface area contributed by atoms with Crippen molar-refractivity contribution in [2.75, 3.05) is 5.32 Å². The van der Waals surface area contributed by atoms with E-state index in [0.29, 0.717) is 0 Å². The minimum Gasteiger partial charge on any atom is -0.507 e. The molecule has 5 heteroatoms. The van der Waals surface area contributed by atoms with Crippen LogP contribution in [-0.4, -0.2) is 22.6 Å². The summed E-state index contributed by atoms with van der Waals surface area (Å²) in [5, 5.41) is 19.8. The van der Waals surface area contributed by atoms with Crippen LogP contribution in [0.3, 0.4) is 0 Å². The lowest BCUT2D eigenvalue weighted by molar-refractivity contribution is 0.0694. The van der Waals surface area contributed by atoms with Crippen LogP contribution in [0.4, 0.5) is 5.69 Å². The van der Waals surface area contributed by atoms with Gasteiger partial charge < -0.3 is 15.5 Å². The van der Waals surface area contributed by atoms with Gasteiger partial charge in [-0.05, 0) is 18.2 Å². The van der Waals surface area contributed by atoms with Gasteiger partial charge in [0.1, 0.15) is 11.3 Å². The molecule has 0 atom stereocenters. The van der Waals surface area contributed by atoms with Crippen molar-refractivity contribution in [3.05, 3.63) is 23.8 Å². The summed E-state index contributed by atoms with van der Waals surface area (Å²) in [6.07, 6.45) is 1.40. The minimum atomic E-state index is -1.26. The molecule has 0 fully saturated rings. The molecule has 1 radical (unpaired) electrons. The van der Waals surface area contributed by atoms with Crippen molar-refractivity contribution >= 4 is 18.1 Å². The smallest absolute Gasteiger partial charge is 0.339 e. The van der Waals surface area contributed by atoms with Crippen LogP contribution < -0.4 is 5.32 Å². The van der Waals surface area contributed by atoms with E-state index in [0.717, 1.165) is 6.07 Å². The highest BCUT2D eigenvalue weighted by molar-refractivity contribution is 5.92. The van der Waals surface area contributed by atoms with Crippen molar-refractivity contribution in [3.8, 4) is 5.75 Å². The van der Waals surface area contributed by atoms with Crippen LogP contribution in [0.25, 0.3) is 0 Å². The predicted octanol–water partition coefficient (Wildman–Crippen LogP) is 0.569. The van der Waals surface area contributed by atoms with Gasteiger partial charge in [-0.3, -0.25) is 4.79 Å². The van der Waals surface area contributed by atoms with Crippen molar-refractivity contribution in [2.24, 2.45) is 0 Å². The molecule has 0 aliphatic rings. The Morgan fingerprint density at radius 3 is 2.69 bits per heavy atom. The highest BCUT2D eigenvalue weighted by Gasteiger charge is 2.09. The highest BCUT2D eigenvalue weighted by atomic mass is 16.4. The largest absolute Gasteiger partial charge is 0.507 e. The fourth-order valence-electron chi connectivity index (χ4n) is 0.844. The summed E-state index contributed by atoms with van der Waals surface area (Å²) in [5.74, 6) is -1.60. The molecule has 0 aliphatic carbocycles. The van der Waals surface area contributed by atoms with Crippen molar-refractivity contribution in [1.82, 2.24) is 0 Å². The van der Waals surface area contributed by atoms with Gasteiger partial charge in [0.15, 0.2) is 0 Å². The maximum absolute atomic E-state index is 10.5. The lowest BCUT2D eigenvalue weighted by atomic mass is 10.2. The zero-order chi connectivity index (χ0) is 9.84. The predicted molar refractivity (Wildman–Crippen MR) is 44.4 cm³/mol. The number of benzene rings is 1. The Morgan fingerprint density at radius 2 is 2.15 bits per heavy atom. The van der Waals surface area contributed by atoms with Crippen LogP contribution in [0.5, 0.6) is 5.75 Å². The summed E-state index contributed by atoms with van der Waals surface area (Å²) in [6, 6.07) is 3.69. The van der Waals surface area contributed by atoms with Gasteiger partial charge in [-0.15, -0.1) is 0 Å². The van der Waals surface area contributed by atoms with Crippen LogP contribution in [0.2, 0.25) is 0 Å². The zero-order valence-corrected chi connectivity index (χ0v) is 6.44. The Hall–Kier alpha value is -2.04. The number of carboxylic acids is 1. The van der Waals surface area contributed by atoms with E-state index in [4.69, 9.17) is 10.2 Å². The first-order chi connectivity index (χ1) is 6.15. The highest BCUT2D eigenvalue weighted by Crippen LogP contribution is 2.20. The molecule has 3 N–H and O–H groups in total. The molecule has 1 amide bonds. The summed E-state index contributed by atoms with van der Waals surface area (Å²) in [7, 11) is 0. The molecule has 13 heavy (non-hydrogen) atoms. The number of carbonyl (C=O) groups is 1. The average molecular weight is 180 g/mol.